The summed E-state index contributed by atoms with van der Waals surface area (Å²) in [6.45, 7) is 0. The van der Waals surface area contributed by atoms with Gasteiger partial charge in [-0.15, -0.1) is 0 Å². The van der Waals surface area contributed by atoms with Gasteiger partial charge in [-0.1, -0.05) is 27.7 Å². The first kappa shape index (κ1) is 12.2. The highest BCUT2D eigenvalue weighted by atomic mass is 79.9. The van der Waals surface area contributed by atoms with Crippen molar-refractivity contribution in [3.63, 3.8) is 0 Å². The minimum absolute atomic E-state index is 0.259. The molecule has 0 aliphatic rings. The molecule has 2 aromatic rings. The molecule has 0 saturated carbocycles. The molecule has 0 radical (unpaired) electrons. The molecule has 2 rings (SSSR count). The van der Waals surface area contributed by atoms with Crippen molar-refractivity contribution in [1.82, 2.24) is 0 Å². The highest BCUT2D eigenvalue weighted by molar-refractivity contribution is 9.10. The Morgan fingerprint density at radius 3 is 2.47 bits per heavy atom. The minimum atomic E-state index is -0.259. The fourth-order valence-electron chi connectivity index (χ4n) is 1.31. The third kappa shape index (κ3) is 3.09. The van der Waals surface area contributed by atoms with Crippen molar-refractivity contribution in [2.24, 2.45) is 0 Å². The van der Waals surface area contributed by atoms with Crippen LogP contribution in [0.5, 0.6) is 0 Å². The normalized spacial score (nSPS) is 9.94. The molecule has 4 heteroatoms. The minimum Gasteiger partial charge on any atom is -0.207 e. The standard InChI is InChI=1S/C13H7BrFNS/c14-10-1-6-13(9(7-10)8-16)17-12-4-2-11(15)3-5-12/h1-7H. The van der Waals surface area contributed by atoms with Crippen molar-refractivity contribution in [2.45, 2.75) is 9.79 Å². The number of benzene rings is 2. The molecule has 0 aliphatic carbocycles. The van der Waals surface area contributed by atoms with Crippen molar-refractivity contribution in [3.05, 3.63) is 58.3 Å². The summed E-state index contributed by atoms with van der Waals surface area (Å²) in [5.74, 6) is -0.259. The first-order valence-corrected chi connectivity index (χ1v) is 6.43. The fraction of sp³-hybridized carbons (Fsp3) is 0. The zero-order valence-corrected chi connectivity index (χ0v) is 11.1. The van der Waals surface area contributed by atoms with E-state index in [9.17, 15) is 4.39 Å². The van der Waals surface area contributed by atoms with Crippen LogP contribution in [0.3, 0.4) is 0 Å². The van der Waals surface area contributed by atoms with Gasteiger partial charge < -0.3 is 0 Å². The van der Waals surface area contributed by atoms with E-state index in [-0.39, 0.29) is 5.82 Å². The number of hydrogen-bond donors (Lipinski definition) is 0. The van der Waals surface area contributed by atoms with Crippen LogP contribution in [0.4, 0.5) is 4.39 Å². The van der Waals surface area contributed by atoms with Gasteiger partial charge >= 0.3 is 0 Å². The maximum atomic E-state index is 12.8. The highest BCUT2D eigenvalue weighted by Crippen LogP contribution is 2.31. The quantitative estimate of drug-likeness (QED) is 0.809. The molecule has 0 heterocycles. The number of halogens is 2. The maximum Gasteiger partial charge on any atom is 0.123 e. The summed E-state index contributed by atoms with van der Waals surface area (Å²) in [6, 6.07) is 13.9. The van der Waals surface area contributed by atoms with Gasteiger partial charge in [0.15, 0.2) is 0 Å². The van der Waals surface area contributed by atoms with Crippen LogP contribution in [-0.4, -0.2) is 0 Å². The van der Waals surface area contributed by atoms with Crippen LogP contribution in [0.1, 0.15) is 5.56 Å². The predicted octanol–water partition coefficient (Wildman–Crippen LogP) is 4.61. The molecule has 0 bridgehead atoms. The van der Waals surface area contributed by atoms with Crippen LogP contribution in [0.2, 0.25) is 0 Å². The van der Waals surface area contributed by atoms with E-state index in [0.717, 1.165) is 14.3 Å². The van der Waals surface area contributed by atoms with E-state index in [1.807, 2.05) is 12.1 Å². The molecule has 0 unspecified atom stereocenters. The van der Waals surface area contributed by atoms with E-state index >= 15 is 0 Å². The van der Waals surface area contributed by atoms with Gasteiger partial charge in [-0.25, -0.2) is 4.39 Å². The second-order valence-corrected chi connectivity index (χ2v) is 5.34. The lowest BCUT2D eigenvalue weighted by Gasteiger charge is -2.04. The molecule has 0 aromatic heterocycles. The summed E-state index contributed by atoms with van der Waals surface area (Å²) in [6.07, 6.45) is 0. The first-order valence-electron chi connectivity index (χ1n) is 4.82. The second-order valence-electron chi connectivity index (χ2n) is 3.31. The Morgan fingerprint density at radius 1 is 1.12 bits per heavy atom. The van der Waals surface area contributed by atoms with Crippen LogP contribution in [0.15, 0.2) is 56.7 Å². The highest BCUT2D eigenvalue weighted by Gasteiger charge is 2.05. The molecule has 0 saturated heterocycles. The third-order valence-corrected chi connectivity index (χ3v) is 3.68. The summed E-state index contributed by atoms with van der Waals surface area (Å²) < 4.78 is 13.6. The van der Waals surface area contributed by atoms with Crippen molar-refractivity contribution < 1.29 is 4.39 Å². The summed E-state index contributed by atoms with van der Waals surface area (Å²) in [4.78, 5) is 1.77. The molecule has 0 spiro atoms. The van der Waals surface area contributed by atoms with E-state index in [4.69, 9.17) is 5.26 Å². The SMILES string of the molecule is N#Cc1cc(Br)ccc1Sc1ccc(F)cc1. The summed E-state index contributed by atoms with van der Waals surface area (Å²) in [7, 11) is 0. The van der Waals surface area contributed by atoms with Crippen molar-refractivity contribution in [1.29, 1.82) is 5.26 Å². The van der Waals surface area contributed by atoms with Gasteiger partial charge in [0.05, 0.1) is 5.56 Å². The molecule has 0 atom stereocenters. The molecule has 0 amide bonds. The Kier molecular flexibility index (Phi) is 3.82. The zero-order chi connectivity index (χ0) is 12.3. The van der Waals surface area contributed by atoms with Gasteiger partial charge in [-0.2, -0.15) is 5.26 Å². The Hall–Kier alpha value is -1.31. The smallest absolute Gasteiger partial charge is 0.123 e. The fourth-order valence-corrected chi connectivity index (χ4v) is 2.55. The maximum absolute atomic E-state index is 12.8. The molecule has 0 fully saturated rings. The molecule has 17 heavy (non-hydrogen) atoms. The topological polar surface area (TPSA) is 23.8 Å². The molecule has 1 nitrogen and oxygen atoms in total. The lowest BCUT2D eigenvalue weighted by molar-refractivity contribution is 0.626. The Balaban J connectivity index is 2.30. The monoisotopic (exact) mass is 307 g/mol. The molecule has 0 N–H and O–H groups in total. The van der Waals surface area contributed by atoms with Crippen molar-refractivity contribution in [2.75, 3.05) is 0 Å². The van der Waals surface area contributed by atoms with E-state index in [1.54, 1.807) is 18.2 Å². The lowest BCUT2D eigenvalue weighted by Crippen LogP contribution is -1.82. The van der Waals surface area contributed by atoms with Crippen LogP contribution < -0.4 is 0 Å². The first-order chi connectivity index (χ1) is 8.19. The van der Waals surface area contributed by atoms with E-state index in [1.165, 1.54) is 23.9 Å². The number of hydrogen-bond acceptors (Lipinski definition) is 2. The van der Waals surface area contributed by atoms with Crippen molar-refractivity contribution >= 4 is 27.7 Å². The van der Waals surface area contributed by atoms with Gasteiger partial charge in [0, 0.05) is 14.3 Å². The van der Waals surface area contributed by atoms with Gasteiger partial charge in [0.25, 0.3) is 0 Å². The Labute approximate surface area is 111 Å². The van der Waals surface area contributed by atoms with Crippen molar-refractivity contribution in [3.8, 4) is 6.07 Å². The predicted molar refractivity (Wildman–Crippen MR) is 69.4 cm³/mol. The number of nitrogens with zero attached hydrogens (tertiary/aromatic N) is 1. The third-order valence-electron chi connectivity index (χ3n) is 2.10. The van der Waals surface area contributed by atoms with E-state index in [2.05, 4.69) is 22.0 Å². The van der Waals surface area contributed by atoms with Crippen LogP contribution in [-0.2, 0) is 0 Å². The zero-order valence-electron chi connectivity index (χ0n) is 8.65. The average Bonchev–Trinajstić information content (AvgIpc) is 2.34. The van der Waals surface area contributed by atoms with E-state index < -0.39 is 0 Å². The lowest BCUT2D eigenvalue weighted by atomic mass is 10.2. The summed E-state index contributed by atoms with van der Waals surface area (Å²) in [5, 5.41) is 9.02. The van der Waals surface area contributed by atoms with Crippen LogP contribution >= 0.6 is 27.7 Å². The van der Waals surface area contributed by atoms with Gasteiger partial charge in [-0.3, -0.25) is 0 Å². The average molecular weight is 308 g/mol. The van der Waals surface area contributed by atoms with Crippen LogP contribution in [0, 0.1) is 17.1 Å². The molecular formula is C13H7BrFNS. The van der Waals surface area contributed by atoms with E-state index in [0.29, 0.717) is 5.56 Å². The number of rotatable bonds is 2. The molecule has 0 aliphatic heterocycles. The Bertz CT molecular complexity index is 575. The van der Waals surface area contributed by atoms with Gasteiger partial charge in [0.2, 0.25) is 0 Å². The Morgan fingerprint density at radius 2 is 1.82 bits per heavy atom. The summed E-state index contributed by atoms with van der Waals surface area (Å²) in [5.41, 5.74) is 0.605. The molecule has 2 aromatic carbocycles. The molecular weight excluding hydrogens is 301 g/mol. The van der Waals surface area contributed by atoms with Crippen LogP contribution in [0.25, 0.3) is 0 Å². The largest absolute Gasteiger partial charge is 0.207 e. The molecule has 84 valence electrons. The summed E-state index contributed by atoms with van der Waals surface area (Å²) >= 11 is 4.77. The second kappa shape index (κ2) is 5.35. The van der Waals surface area contributed by atoms with Gasteiger partial charge in [0.1, 0.15) is 11.9 Å². The van der Waals surface area contributed by atoms with Gasteiger partial charge in [-0.05, 0) is 42.5 Å². The number of nitriles is 1.